The minimum Gasteiger partial charge on any atom is -0.508 e. The second-order valence-electron chi connectivity index (χ2n) is 6.11. The first-order valence-electron chi connectivity index (χ1n) is 8.13. The lowest BCUT2D eigenvalue weighted by Gasteiger charge is -2.07. The molecular weight excluding hydrogens is 346 g/mol. The first-order chi connectivity index (χ1) is 12.9. The van der Waals surface area contributed by atoms with Gasteiger partial charge in [0.05, 0.1) is 5.69 Å². The maximum atomic E-state index is 12.6. The summed E-state index contributed by atoms with van der Waals surface area (Å²) in [6, 6.07) is 13.6. The number of H-pyrrole nitrogens is 1. The molecule has 27 heavy (non-hydrogen) atoms. The number of aromatic hydroxyl groups is 1. The number of carbonyl (C=O) groups excluding carboxylic acids is 1. The Labute approximate surface area is 152 Å². The van der Waals surface area contributed by atoms with E-state index in [1.807, 2.05) is 25.1 Å². The van der Waals surface area contributed by atoms with Crippen molar-refractivity contribution in [1.82, 2.24) is 19.5 Å². The normalized spacial score (nSPS) is 11.0. The van der Waals surface area contributed by atoms with Crippen LogP contribution in [0.3, 0.4) is 0 Å². The van der Waals surface area contributed by atoms with E-state index in [-0.39, 0.29) is 28.4 Å². The molecule has 0 aliphatic rings. The highest BCUT2D eigenvalue weighted by Gasteiger charge is 2.20. The number of aromatic nitrogens is 4. The van der Waals surface area contributed by atoms with E-state index < -0.39 is 11.6 Å². The largest absolute Gasteiger partial charge is 0.508 e. The highest BCUT2D eigenvalue weighted by molar-refractivity contribution is 6.02. The maximum absolute atomic E-state index is 12.6. The van der Waals surface area contributed by atoms with E-state index in [2.05, 4.69) is 15.0 Å². The molecule has 0 fully saturated rings. The van der Waals surface area contributed by atoms with Crippen LogP contribution in [0.2, 0.25) is 0 Å². The van der Waals surface area contributed by atoms with Crippen molar-refractivity contribution in [3.05, 3.63) is 70.3 Å². The Morgan fingerprint density at radius 1 is 1.15 bits per heavy atom. The molecule has 8 heteroatoms. The fourth-order valence-electron chi connectivity index (χ4n) is 2.94. The van der Waals surface area contributed by atoms with Gasteiger partial charge in [0.25, 0.3) is 5.91 Å². The maximum Gasteiger partial charge on any atom is 0.332 e. The van der Waals surface area contributed by atoms with Crippen molar-refractivity contribution in [2.24, 2.45) is 5.73 Å². The Morgan fingerprint density at radius 2 is 1.93 bits per heavy atom. The number of benzene rings is 2. The van der Waals surface area contributed by atoms with E-state index in [0.29, 0.717) is 11.3 Å². The topological polar surface area (TPSA) is 127 Å². The first-order valence-corrected chi connectivity index (χ1v) is 8.13. The number of carbonyl (C=O) groups is 1. The fourth-order valence-corrected chi connectivity index (χ4v) is 2.94. The van der Waals surface area contributed by atoms with Crippen LogP contribution >= 0.6 is 0 Å². The Hall–Kier alpha value is -3.94. The lowest BCUT2D eigenvalue weighted by atomic mass is 10.2. The summed E-state index contributed by atoms with van der Waals surface area (Å²) in [4.78, 5) is 35.8. The van der Waals surface area contributed by atoms with Crippen molar-refractivity contribution in [1.29, 1.82) is 0 Å². The van der Waals surface area contributed by atoms with Crippen molar-refractivity contribution in [3.63, 3.8) is 0 Å². The number of hydrogen-bond donors (Lipinski definition) is 3. The molecule has 0 saturated heterocycles. The minimum atomic E-state index is -0.790. The molecule has 0 aliphatic carbocycles. The number of phenolic OH excluding ortho intramolecular Hbond substituents is 1. The number of aromatic amines is 1. The highest BCUT2D eigenvalue weighted by atomic mass is 16.3. The third-order valence-electron chi connectivity index (χ3n) is 4.13. The van der Waals surface area contributed by atoms with Crippen LogP contribution in [0.25, 0.3) is 28.2 Å². The molecule has 0 radical (unpaired) electrons. The monoisotopic (exact) mass is 361 g/mol. The summed E-state index contributed by atoms with van der Waals surface area (Å²) in [5.74, 6) is -0.587. The number of nitrogens with zero attached hydrogens (tertiary/aromatic N) is 3. The van der Waals surface area contributed by atoms with Gasteiger partial charge in [0.2, 0.25) is 0 Å². The number of primary amides is 1. The van der Waals surface area contributed by atoms with Crippen LogP contribution in [-0.4, -0.2) is 30.5 Å². The van der Waals surface area contributed by atoms with Gasteiger partial charge in [-0.05, 0) is 36.8 Å². The number of phenols is 1. The van der Waals surface area contributed by atoms with Gasteiger partial charge >= 0.3 is 5.69 Å². The predicted molar refractivity (Wildman–Crippen MR) is 99.8 cm³/mol. The van der Waals surface area contributed by atoms with Gasteiger partial charge in [-0.1, -0.05) is 24.3 Å². The molecule has 0 unspecified atom stereocenters. The third kappa shape index (κ3) is 2.82. The van der Waals surface area contributed by atoms with Crippen molar-refractivity contribution in [3.8, 4) is 22.8 Å². The van der Waals surface area contributed by atoms with Gasteiger partial charge in [-0.15, -0.1) is 0 Å². The van der Waals surface area contributed by atoms with Crippen LogP contribution < -0.4 is 11.4 Å². The molecule has 0 saturated carbocycles. The molecule has 4 aromatic rings. The molecule has 2 aromatic heterocycles. The van der Waals surface area contributed by atoms with Gasteiger partial charge in [-0.2, -0.15) is 0 Å². The number of amides is 1. The Bertz CT molecular complexity index is 1260. The summed E-state index contributed by atoms with van der Waals surface area (Å²) in [6.45, 7) is 1.91. The van der Waals surface area contributed by atoms with Crippen LogP contribution in [0.5, 0.6) is 5.75 Å². The average molecular weight is 361 g/mol. The molecule has 8 nitrogen and oxygen atoms in total. The molecule has 1 amide bonds. The summed E-state index contributed by atoms with van der Waals surface area (Å²) >= 11 is 0. The van der Waals surface area contributed by atoms with E-state index in [9.17, 15) is 14.7 Å². The van der Waals surface area contributed by atoms with Crippen LogP contribution in [-0.2, 0) is 0 Å². The molecule has 2 heterocycles. The van der Waals surface area contributed by atoms with Gasteiger partial charge in [0.1, 0.15) is 11.3 Å². The molecule has 2 aromatic carbocycles. The van der Waals surface area contributed by atoms with Crippen molar-refractivity contribution < 1.29 is 9.90 Å². The van der Waals surface area contributed by atoms with E-state index in [0.717, 1.165) is 5.56 Å². The molecule has 4 N–H and O–H groups in total. The quantitative estimate of drug-likeness (QED) is 0.513. The van der Waals surface area contributed by atoms with Crippen molar-refractivity contribution in [2.75, 3.05) is 0 Å². The van der Waals surface area contributed by atoms with Crippen LogP contribution in [0.4, 0.5) is 0 Å². The second-order valence-corrected chi connectivity index (χ2v) is 6.11. The van der Waals surface area contributed by atoms with Gasteiger partial charge in [0, 0.05) is 5.56 Å². The van der Waals surface area contributed by atoms with Gasteiger partial charge in [-0.25, -0.2) is 19.3 Å². The average Bonchev–Trinajstić information content (AvgIpc) is 2.96. The zero-order valence-electron chi connectivity index (χ0n) is 14.3. The zero-order chi connectivity index (χ0) is 19.1. The molecule has 0 aliphatic heterocycles. The van der Waals surface area contributed by atoms with Crippen molar-refractivity contribution in [2.45, 2.75) is 6.92 Å². The molecule has 134 valence electrons. The zero-order valence-corrected chi connectivity index (χ0v) is 14.3. The number of imidazole rings is 1. The van der Waals surface area contributed by atoms with Gasteiger partial charge in [0.15, 0.2) is 17.2 Å². The first kappa shape index (κ1) is 16.5. The fraction of sp³-hybridized carbons (Fsp3) is 0.0526. The molecule has 0 atom stereocenters. The molecule has 0 spiro atoms. The third-order valence-corrected chi connectivity index (χ3v) is 4.13. The lowest BCUT2D eigenvalue weighted by molar-refractivity contribution is 0.0997. The van der Waals surface area contributed by atoms with Crippen LogP contribution in [0.15, 0.2) is 53.3 Å². The minimum absolute atomic E-state index is 0.0296. The highest BCUT2D eigenvalue weighted by Crippen LogP contribution is 2.24. The number of nitrogens with one attached hydrogen (secondary N) is 1. The Balaban J connectivity index is 2.08. The summed E-state index contributed by atoms with van der Waals surface area (Å²) in [6.07, 6.45) is 0. The number of nitrogens with two attached hydrogens (primary N) is 1. The van der Waals surface area contributed by atoms with E-state index >= 15 is 0 Å². The second kappa shape index (κ2) is 6.10. The molecular formula is C19H15N5O3. The lowest BCUT2D eigenvalue weighted by Crippen LogP contribution is -2.15. The predicted octanol–water partition coefficient (Wildman–Crippen LogP) is 1.89. The summed E-state index contributed by atoms with van der Waals surface area (Å²) in [5, 5.41) is 9.72. The smallest absolute Gasteiger partial charge is 0.332 e. The van der Waals surface area contributed by atoms with Crippen molar-refractivity contribution >= 4 is 17.1 Å². The number of rotatable bonds is 3. The molecule has 0 bridgehead atoms. The standard InChI is InChI=1S/C19H15N5O3/c1-10-4-2-6-12(8-10)24-18-15(22-19(24)27)14(16(20)26)21-17(23-18)11-5-3-7-13(25)9-11/h2-9,25H,1H3,(H2,20,26)(H,22,27). The van der Waals surface area contributed by atoms with Gasteiger partial charge < -0.3 is 15.8 Å². The van der Waals surface area contributed by atoms with E-state index in [1.54, 1.807) is 18.2 Å². The van der Waals surface area contributed by atoms with E-state index in [4.69, 9.17) is 5.73 Å². The summed E-state index contributed by atoms with van der Waals surface area (Å²) < 4.78 is 1.36. The van der Waals surface area contributed by atoms with Gasteiger partial charge in [-0.3, -0.25) is 4.79 Å². The number of fused-ring (bicyclic) bond motifs is 1. The number of aryl methyl sites for hydroxylation is 1. The Kier molecular flexibility index (Phi) is 3.73. The van der Waals surface area contributed by atoms with Crippen LogP contribution in [0.1, 0.15) is 16.1 Å². The number of hydrogen-bond acceptors (Lipinski definition) is 5. The van der Waals surface area contributed by atoms with E-state index in [1.165, 1.54) is 16.7 Å². The Morgan fingerprint density at radius 3 is 2.63 bits per heavy atom. The molecule has 4 rings (SSSR count). The summed E-state index contributed by atoms with van der Waals surface area (Å²) in [7, 11) is 0. The SMILES string of the molecule is Cc1cccc(-n2c(=O)[nH]c3c(C(N)=O)nc(-c4cccc(O)c4)nc32)c1. The van der Waals surface area contributed by atoms with Crippen LogP contribution in [0, 0.1) is 6.92 Å². The summed E-state index contributed by atoms with van der Waals surface area (Å²) in [5.41, 5.74) is 7.36.